The summed E-state index contributed by atoms with van der Waals surface area (Å²) in [5, 5.41) is 10.4. The summed E-state index contributed by atoms with van der Waals surface area (Å²) in [5.41, 5.74) is 0.511. The van der Waals surface area contributed by atoms with Crippen molar-refractivity contribution in [2.45, 2.75) is 49.8 Å². The van der Waals surface area contributed by atoms with Crippen molar-refractivity contribution >= 4 is 11.8 Å². The Labute approximate surface area is 102 Å². The van der Waals surface area contributed by atoms with Gasteiger partial charge in [-0.2, -0.15) is 5.26 Å². The first-order valence-electron chi connectivity index (χ1n) is 5.84. The van der Waals surface area contributed by atoms with Crippen molar-refractivity contribution in [1.29, 1.82) is 5.26 Å². The Morgan fingerprint density at radius 1 is 1.31 bits per heavy atom. The van der Waals surface area contributed by atoms with Crippen LogP contribution in [0.25, 0.3) is 0 Å². The van der Waals surface area contributed by atoms with Crippen molar-refractivity contribution in [1.82, 2.24) is 4.98 Å². The van der Waals surface area contributed by atoms with E-state index in [1.54, 1.807) is 17.8 Å². The average Bonchev–Trinajstić information content (AvgIpc) is 2.30. The number of aromatic nitrogens is 1. The summed E-state index contributed by atoms with van der Waals surface area (Å²) < 4.78 is 0. The van der Waals surface area contributed by atoms with Crippen LogP contribution in [0.3, 0.4) is 0 Å². The van der Waals surface area contributed by atoms with Gasteiger partial charge in [0, 0.05) is 5.25 Å². The molecule has 0 radical (unpaired) electrons. The van der Waals surface area contributed by atoms with E-state index in [4.69, 9.17) is 5.26 Å². The second-order valence-corrected chi connectivity index (χ2v) is 5.11. The molecule has 0 saturated carbocycles. The minimum absolute atomic E-state index is 0.511. The van der Waals surface area contributed by atoms with Gasteiger partial charge in [-0.25, -0.2) is 4.98 Å². The van der Waals surface area contributed by atoms with Crippen molar-refractivity contribution in [2.24, 2.45) is 0 Å². The second-order valence-electron chi connectivity index (χ2n) is 3.79. The van der Waals surface area contributed by atoms with Crippen LogP contribution in [0.1, 0.15) is 45.2 Å². The fourth-order valence-corrected chi connectivity index (χ4v) is 2.98. The molecule has 0 bridgehead atoms. The summed E-state index contributed by atoms with van der Waals surface area (Å²) in [6.07, 6.45) is 4.85. The predicted molar refractivity (Wildman–Crippen MR) is 68.4 cm³/mol. The molecular weight excluding hydrogens is 216 g/mol. The molecule has 0 atom stereocenters. The maximum Gasteiger partial charge on any atom is 0.141 e. The van der Waals surface area contributed by atoms with Crippen molar-refractivity contribution in [3.05, 3.63) is 23.9 Å². The molecule has 1 heterocycles. The van der Waals surface area contributed by atoms with E-state index in [-0.39, 0.29) is 0 Å². The van der Waals surface area contributed by atoms with Crippen LogP contribution in [-0.4, -0.2) is 10.2 Å². The van der Waals surface area contributed by atoms with Crippen LogP contribution in [0.15, 0.2) is 23.2 Å². The van der Waals surface area contributed by atoms with E-state index in [9.17, 15) is 0 Å². The Balaban J connectivity index is 2.65. The molecule has 86 valence electrons. The Morgan fingerprint density at radius 2 is 2.00 bits per heavy atom. The highest BCUT2D eigenvalue weighted by Gasteiger charge is 2.09. The molecule has 1 aromatic rings. The highest BCUT2D eigenvalue weighted by Crippen LogP contribution is 2.27. The number of hydrogen-bond donors (Lipinski definition) is 0. The van der Waals surface area contributed by atoms with E-state index in [1.165, 1.54) is 25.7 Å². The predicted octanol–water partition coefficient (Wildman–Crippen LogP) is 4.01. The highest BCUT2D eigenvalue weighted by molar-refractivity contribution is 7.99. The molecule has 0 aliphatic carbocycles. The summed E-state index contributed by atoms with van der Waals surface area (Å²) in [7, 11) is 0. The molecule has 0 amide bonds. The van der Waals surface area contributed by atoms with Crippen molar-refractivity contribution in [3.63, 3.8) is 0 Å². The topological polar surface area (TPSA) is 36.7 Å². The van der Waals surface area contributed by atoms with Gasteiger partial charge in [0.05, 0.1) is 5.03 Å². The van der Waals surface area contributed by atoms with E-state index in [1.807, 2.05) is 12.1 Å². The zero-order chi connectivity index (χ0) is 11.8. The van der Waals surface area contributed by atoms with Gasteiger partial charge in [-0.1, -0.05) is 32.8 Å². The number of nitriles is 1. The van der Waals surface area contributed by atoms with E-state index < -0.39 is 0 Å². The monoisotopic (exact) mass is 234 g/mol. The summed E-state index contributed by atoms with van der Waals surface area (Å²) in [6.45, 7) is 4.42. The van der Waals surface area contributed by atoms with Gasteiger partial charge in [-0.15, -0.1) is 11.8 Å². The lowest BCUT2D eigenvalue weighted by Gasteiger charge is -2.13. The maximum absolute atomic E-state index is 8.78. The number of pyridine rings is 1. The third-order valence-electron chi connectivity index (χ3n) is 2.35. The minimum atomic E-state index is 0.511. The third kappa shape index (κ3) is 4.24. The first-order chi connectivity index (χ1) is 7.80. The largest absolute Gasteiger partial charge is 0.231 e. The van der Waals surface area contributed by atoms with Crippen LogP contribution >= 0.6 is 11.8 Å². The van der Waals surface area contributed by atoms with Crippen molar-refractivity contribution < 1.29 is 0 Å². The fraction of sp³-hybridized carbons (Fsp3) is 0.538. The summed E-state index contributed by atoms with van der Waals surface area (Å²) >= 11 is 1.81. The molecule has 2 nitrogen and oxygen atoms in total. The molecule has 0 fully saturated rings. The molecule has 0 aliphatic heterocycles. The van der Waals surface area contributed by atoms with Crippen LogP contribution in [0.5, 0.6) is 0 Å². The second kappa shape index (κ2) is 7.29. The summed E-state index contributed by atoms with van der Waals surface area (Å²) in [5.74, 6) is 0. The highest BCUT2D eigenvalue weighted by atomic mass is 32.2. The van der Waals surface area contributed by atoms with Crippen LogP contribution in [0, 0.1) is 11.3 Å². The summed E-state index contributed by atoms with van der Waals surface area (Å²) in [6, 6.07) is 7.72. The number of rotatable bonds is 6. The van der Waals surface area contributed by atoms with E-state index >= 15 is 0 Å². The van der Waals surface area contributed by atoms with E-state index in [2.05, 4.69) is 24.9 Å². The number of nitrogens with zero attached hydrogens (tertiary/aromatic N) is 2. The van der Waals surface area contributed by atoms with Gasteiger partial charge in [0.25, 0.3) is 0 Å². The standard InChI is InChI=1S/C13H18N2S/c1-3-6-12(7-4-2)16-13-9-5-8-11(10-14)15-13/h5,8-9,12H,3-4,6-7H2,1-2H3. The third-order valence-corrected chi connectivity index (χ3v) is 3.62. The first kappa shape index (κ1) is 13.1. The Hall–Kier alpha value is -1.01. The molecule has 0 unspecified atom stereocenters. The Bertz CT molecular complexity index is 351. The lowest BCUT2D eigenvalue weighted by Crippen LogP contribution is -2.02. The molecule has 0 saturated heterocycles. The average molecular weight is 234 g/mol. The van der Waals surface area contributed by atoms with Crippen molar-refractivity contribution in [2.75, 3.05) is 0 Å². The van der Waals surface area contributed by atoms with Crippen LogP contribution < -0.4 is 0 Å². The first-order valence-corrected chi connectivity index (χ1v) is 6.72. The Kier molecular flexibility index (Phi) is 5.95. The fourth-order valence-electron chi connectivity index (χ4n) is 1.62. The molecule has 0 aromatic carbocycles. The number of thioether (sulfide) groups is 1. The molecule has 16 heavy (non-hydrogen) atoms. The van der Waals surface area contributed by atoms with Gasteiger partial charge in [0.1, 0.15) is 11.8 Å². The lowest BCUT2D eigenvalue weighted by molar-refractivity contribution is 0.672. The number of hydrogen-bond acceptors (Lipinski definition) is 3. The molecule has 0 N–H and O–H groups in total. The van der Waals surface area contributed by atoms with Crippen LogP contribution in [-0.2, 0) is 0 Å². The molecule has 1 aromatic heterocycles. The van der Waals surface area contributed by atoms with Gasteiger partial charge in [0.15, 0.2) is 0 Å². The molecular formula is C13H18N2S. The SMILES string of the molecule is CCCC(CCC)Sc1cccc(C#N)n1. The molecule has 1 rings (SSSR count). The zero-order valence-electron chi connectivity index (χ0n) is 9.94. The van der Waals surface area contributed by atoms with Crippen molar-refractivity contribution in [3.8, 4) is 6.07 Å². The van der Waals surface area contributed by atoms with Gasteiger partial charge in [0.2, 0.25) is 0 Å². The smallest absolute Gasteiger partial charge is 0.141 e. The van der Waals surface area contributed by atoms with E-state index in [0.717, 1.165) is 5.03 Å². The lowest BCUT2D eigenvalue weighted by atomic mass is 10.2. The normalized spacial score (nSPS) is 10.4. The molecule has 3 heteroatoms. The van der Waals surface area contributed by atoms with Gasteiger partial charge < -0.3 is 0 Å². The van der Waals surface area contributed by atoms with Crippen LogP contribution in [0.4, 0.5) is 0 Å². The Morgan fingerprint density at radius 3 is 2.56 bits per heavy atom. The summed E-state index contributed by atoms with van der Waals surface area (Å²) in [4.78, 5) is 4.30. The van der Waals surface area contributed by atoms with Gasteiger partial charge >= 0.3 is 0 Å². The minimum Gasteiger partial charge on any atom is -0.231 e. The molecule has 0 aliphatic rings. The zero-order valence-corrected chi connectivity index (χ0v) is 10.8. The molecule has 0 spiro atoms. The maximum atomic E-state index is 8.78. The van der Waals surface area contributed by atoms with Crippen LogP contribution in [0.2, 0.25) is 0 Å². The van der Waals surface area contributed by atoms with Gasteiger partial charge in [-0.3, -0.25) is 0 Å². The van der Waals surface area contributed by atoms with Gasteiger partial charge in [-0.05, 0) is 25.0 Å². The quantitative estimate of drug-likeness (QED) is 0.698. The van der Waals surface area contributed by atoms with E-state index in [0.29, 0.717) is 10.9 Å².